The number of hydrogen-bond donors (Lipinski definition) is 0. The summed E-state index contributed by atoms with van der Waals surface area (Å²) in [7, 11) is 1.51. The summed E-state index contributed by atoms with van der Waals surface area (Å²) in [4.78, 5) is 24.6. The van der Waals surface area contributed by atoms with Gasteiger partial charge in [0, 0.05) is 24.4 Å². The van der Waals surface area contributed by atoms with Gasteiger partial charge in [-0.3, -0.25) is 14.9 Å². The summed E-state index contributed by atoms with van der Waals surface area (Å²) >= 11 is 0. The first-order valence-electron chi connectivity index (χ1n) is 8.71. The number of rotatable bonds is 5. The number of ether oxygens (including phenoxy) is 2. The highest BCUT2D eigenvalue weighted by Gasteiger charge is 2.44. The number of benzene rings is 1. The van der Waals surface area contributed by atoms with Crippen LogP contribution in [0.1, 0.15) is 50.5 Å². The fourth-order valence-corrected chi connectivity index (χ4v) is 3.89. The number of nitro groups is 1. The molecule has 7 nitrogen and oxygen atoms in total. The number of carbonyl (C=O) groups is 1. The second kappa shape index (κ2) is 7.09. The molecule has 2 unspecified atom stereocenters. The van der Waals surface area contributed by atoms with E-state index in [-0.39, 0.29) is 16.5 Å². The zero-order chi connectivity index (χ0) is 18.0. The molecule has 1 aromatic carbocycles. The molecule has 2 fully saturated rings. The monoisotopic (exact) mass is 348 g/mol. The second-order valence-corrected chi connectivity index (χ2v) is 6.90. The van der Waals surface area contributed by atoms with Gasteiger partial charge in [0.05, 0.1) is 11.5 Å². The van der Waals surface area contributed by atoms with Crippen molar-refractivity contribution in [1.29, 1.82) is 0 Å². The Bertz CT molecular complexity index is 659. The lowest BCUT2D eigenvalue weighted by Crippen LogP contribution is -2.43. The predicted octanol–water partition coefficient (Wildman–Crippen LogP) is 3.37. The van der Waals surface area contributed by atoms with E-state index in [2.05, 4.69) is 0 Å². The third kappa shape index (κ3) is 3.39. The van der Waals surface area contributed by atoms with Gasteiger partial charge < -0.3 is 14.4 Å². The van der Waals surface area contributed by atoms with E-state index in [1.807, 2.05) is 12.1 Å². The molecule has 1 saturated carbocycles. The summed E-state index contributed by atoms with van der Waals surface area (Å²) in [6, 6.07) is 5.25. The van der Waals surface area contributed by atoms with Gasteiger partial charge in [-0.25, -0.2) is 0 Å². The topological polar surface area (TPSA) is 81.9 Å². The molecule has 7 heteroatoms. The summed E-state index contributed by atoms with van der Waals surface area (Å²) in [5.41, 5.74) is 0.324. The Morgan fingerprint density at radius 2 is 2.08 bits per heavy atom. The molecule has 0 spiro atoms. The number of anilines is 1. The average Bonchev–Trinajstić information content (AvgIpc) is 2.99. The zero-order valence-corrected chi connectivity index (χ0v) is 14.6. The first kappa shape index (κ1) is 17.8. The first-order valence-corrected chi connectivity index (χ1v) is 8.71. The van der Waals surface area contributed by atoms with Crippen molar-refractivity contribution in [3.8, 4) is 0 Å². The molecule has 25 heavy (non-hydrogen) atoms. The van der Waals surface area contributed by atoms with E-state index in [0.717, 1.165) is 31.2 Å². The van der Waals surface area contributed by atoms with Crippen LogP contribution in [0.25, 0.3) is 0 Å². The third-order valence-corrected chi connectivity index (χ3v) is 5.29. The summed E-state index contributed by atoms with van der Waals surface area (Å²) in [5, 5.41) is 11.6. The van der Waals surface area contributed by atoms with Gasteiger partial charge in [0.2, 0.25) is 0 Å². The van der Waals surface area contributed by atoms with Crippen LogP contribution in [0.3, 0.4) is 0 Å². The van der Waals surface area contributed by atoms with Crippen molar-refractivity contribution in [2.75, 3.05) is 18.6 Å². The fourth-order valence-electron chi connectivity index (χ4n) is 3.89. The maximum atomic E-state index is 11.6. The maximum Gasteiger partial charge on any atom is 0.274 e. The van der Waals surface area contributed by atoms with Crippen LogP contribution >= 0.6 is 0 Å². The van der Waals surface area contributed by atoms with Crippen molar-refractivity contribution < 1.29 is 19.2 Å². The summed E-state index contributed by atoms with van der Waals surface area (Å²) < 4.78 is 10.8. The number of nitrogens with zero attached hydrogens (tertiary/aromatic N) is 2. The minimum Gasteiger partial charge on any atom is -0.354 e. The van der Waals surface area contributed by atoms with E-state index < -0.39 is 12.0 Å². The van der Waals surface area contributed by atoms with Crippen LogP contribution in [0.5, 0.6) is 0 Å². The van der Waals surface area contributed by atoms with Crippen LogP contribution in [0.15, 0.2) is 18.2 Å². The molecule has 1 aromatic rings. The molecule has 1 aliphatic carbocycles. The van der Waals surface area contributed by atoms with Gasteiger partial charge in [-0.2, -0.15) is 0 Å². The highest BCUT2D eigenvalue weighted by atomic mass is 16.7. The Morgan fingerprint density at radius 1 is 1.36 bits per heavy atom. The Balaban J connectivity index is 1.96. The first-order chi connectivity index (χ1) is 12.0. The summed E-state index contributed by atoms with van der Waals surface area (Å²) in [6.07, 6.45) is 5.56. The lowest BCUT2D eigenvalue weighted by Gasteiger charge is -2.30. The molecule has 1 saturated heterocycles. The van der Waals surface area contributed by atoms with Crippen LogP contribution in [0, 0.1) is 10.1 Å². The van der Waals surface area contributed by atoms with Gasteiger partial charge in [0.15, 0.2) is 18.3 Å². The minimum atomic E-state index is -1.19. The molecule has 0 aromatic heterocycles. The van der Waals surface area contributed by atoms with Gasteiger partial charge >= 0.3 is 0 Å². The molecule has 2 atom stereocenters. The molecular weight excluding hydrogens is 324 g/mol. The number of hydrogen-bond acceptors (Lipinski definition) is 6. The van der Waals surface area contributed by atoms with Crippen LogP contribution in [0.4, 0.5) is 11.4 Å². The molecule has 1 aliphatic heterocycles. The number of carbonyl (C=O) groups excluding carboxylic acids is 1. The maximum absolute atomic E-state index is 11.6. The summed E-state index contributed by atoms with van der Waals surface area (Å²) in [5.74, 6) is 0.238. The second-order valence-electron chi connectivity index (χ2n) is 6.90. The molecule has 0 bridgehead atoms. The van der Waals surface area contributed by atoms with E-state index in [1.54, 1.807) is 17.9 Å². The van der Waals surface area contributed by atoms with Crippen molar-refractivity contribution >= 4 is 17.7 Å². The van der Waals surface area contributed by atoms with Gasteiger partial charge in [-0.15, -0.1) is 0 Å². The third-order valence-electron chi connectivity index (χ3n) is 5.29. The van der Waals surface area contributed by atoms with E-state index in [4.69, 9.17) is 9.47 Å². The molecular formula is C18H24N2O5. The highest BCUT2D eigenvalue weighted by molar-refractivity contribution is 5.72. The Kier molecular flexibility index (Phi) is 5.06. The minimum absolute atomic E-state index is 0.124. The van der Waals surface area contributed by atoms with Gasteiger partial charge in [-0.05, 0) is 37.8 Å². The van der Waals surface area contributed by atoms with Crippen LogP contribution in [-0.4, -0.2) is 36.9 Å². The summed E-state index contributed by atoms with van der Waals surface area (Å²) in [6.45, 7) is 1.98. The Morgan fingerprint density at radius 3 is 2.68 bits per heavy atom. The van der Waals surface area contributed by atoms with Crippen LogP contribution in [-0.2, 0) is 14.3 Å². The van der Waals surface area contributed by atoms with Crippen LogP contribution < -0.4 is 4.90 Å². The van der Waals surface area contributed by atoms with Gasteiger partial charge in [0.25, 0.3) is 5.69 Å². The van der Waals surface area contributed by atoms with Gasteiger partial charge in [0.1, 0.15) is 0 Å². The van der Waals surface area contributed by atoms with Crippen molar-refractivity contribution in [2.45, 2.75) is 57.0 Å². The van der Waals surface area contributed by atoms with E-state index in [1.165, 1.54) is 13.5 Å². The van der Waals surface area contributed by atoms with Crippen molar-refractivity contribution in [1.82, 2.24) is 0 Å². The Hall–Kier alpha value is -1.99. The number of methoxy groups -OCH3 is 1. The van der Waals surface area contributed by atoms with E-state index in [9.17, 15) is 14.9 Å². The average molecular weight is 348 g/mol. The zero-order valence-electron chi connectivity index (χ0n) is 14.6. The largest absolute Gasteiger partial charge is 0.354 e. The van der Waals surface area contributed by atoms with Gasteiger partial charge in [-0.1, -0.05) is 19.3 Å². The van der Waals surface area contributed by atoms with Crippen molar-refractivity contribution in [2.24, 2.45) is 0 Å². The molecule has 1 heterocycles. The fraction of sp³-hybridized carbons (Fsp3) is 0.611. The molecule has 136 valence electrons. The molecule has 0 radical (unpaired) electrons. The Labute approximate surface area is 147 Å². The molecule has 2 aliphatic rings. The van der Waals surface area contributed by atoms with E-state index >= 15 is 0 Å². The molecule has 0 N–H and O–H groups in total. The lowest BCUT2D eigenvalue weighted by molar-refractivity contribution is -0.385. The quantitative estimate of drug-likeness (QED) is 0.461. The lowest BCUT2D eigenvalue weighted by atomic mass is 9.83. The normalized spacial score (nSPS) is 27.4. The molecule has 0 amide bonds. The molecule has 3 rings (SSSR count). The van der Waals surface area contributed by atoms with Crippen molar-refractivity contribution in [3.05, 3.63) is 33.9 Å². The predicted molar refractivity (Wildman–Crippen MR) is 92.6 cm³/mol. The highest BCUT2D eigenvalue weighted by Crippen LogP contribution is 2.40. The smallest absolute Gasteiger partial charge is 0.274 e. The number of nitro benzene ring substituents is 1. The van der Waals surface area contributed by atoms with Crippen molar-refractivity contribution in [3.63, 3.8) is 0 Å². The standard InChI is InChI=1S/C18H24N2O5/c1-18(12-21)19(11-17(24-2)25-18)14-8-9-15(16(10-14)20(22)23)13-6-4-3-5-7-13/h8-10,12-13,17H,3-7,11H2,1-2H3. The van der Waals surface area contributed by atoms with E-state index in [0.29, 0.717) is 18.5 Å². The SMILES string of the molecule is COC1CN(c2ccc(C3CCCCC3)c([N+](=O)[O-])c2)C(C)(C=O)O1. The van der Waals surface area contributed by atoms with Crippen LogP contribution in [0.2, 0.25) is 0 Å². The number of aldehydes is 1.